The van der Waals surface area contributed by atoms with E-state index < -0.39 is 0 Å². The zero-order valence-electron chi connectivity index (χ0n) is 13.7. The summed E-state index contributed by atoms with van der Waals surface area (Å²) in [6, 6.07) is 14.7. The Morgan fingerprint density at radius 1 is 1.00 bits per heavy atom. The topological polar surface area (TPSA) is 59.6 Å². The van der Waals surface area contributed by atoms with Crippen LogP contribution >= 0.6 is 0 Å². The summed E-state index contributed by atoms with van der Waals surface area (Å²) in [5.74, 6) is 1.43. The fourth-order valence-corrected chi connectivity index (χ4v) is 2.01. The molecule has 0 aromatic heterocycles. The van der Waals surface area contributed by atoms with Crippen molar-refractivity contribution in [3.8, 4) is 11.5 Å². The molecule has 0 aliphatic carbocycles. The SMILES string of the molecule is C=CCOc1ccc(NC(=O)CNc2ccc(OCC)cc2)cc1. The minimum Gasteiger partial charge on any atom is -0.494 e. The number of carbonyl (C=O) groups is 1. The van der Waals surface area contributed by atoms with Gasteiger partial charge in [0, 0.05) is 11.4 Å². The molecule has 0 aliphatic rings. The fourth-order valence-electron chi connectivity index (χ4n) is 2.01. The summed E-state index contributed by atoms with van der Waals surface area (Å²) in [6.45, 7) is 6.81. The molecule has 2 aromatic rings. The summed E-state index contributed by atoms with van der Waals surface area (Å²) in [6.07, 6.45) is 1.68. The van der Waals surface area contributed by atoms with Crippen molar-refractivity contribution >= 4 is 17.3 Å². The molecule has 1 amide bonds. The van der Waals surface area contributed by atoms with E-state index in [0.717, 1.165) is 22.9 Å². The van der Waals surface area contributed by atoms with Gasteiger partial charge in [-0.15, -0.1) is 0 Å². The highest BCUT2D eigenvalue weighted by atomic mass is 16.5. The lowest BCUT2D eigenvalue weighted by molar-refractivity contribution is -0.114. The number of anilines is 2. The summed E-state index contributed by atoms with van der Waals surface area (Å²) in [5.41, 5.74) is 1.58. The van der Waals surface area contributed by atoms with Crippen LogP contribution in [0.2, 0.25) is 0 Å². The maximum absolute atomic E-state index is 12.0. The van der Waals surface area contributed by atoms with Gasteiger partial charge in [-0.2, -0.15) is 0 Å². The minimum absolute atomic E-state index is 0.122. The Labute approximate surface area is 142 Å². The van der Waals surface area contributed by atoms with Crippen LogP contribution in [0, 0.1) is 0 Å². The number of ether oxygens (including phenoxy) is 2. The third kappa shape index (κ3) is 5.68. The highest BCUT2D eigenvalue weighted by Gasteiger charge is 2.03. The summed E-state index contributed by atoms with van der Waals surface area (Å²) >= 11 is 0. The minimum atomic E-state index is -0.122. The zero-order valence-corrected chi connectivity index (χ0v) is 13.7. The van der Waals surface area contributed by atoms with E-state index >= 15 is 0 Å². The summed E-state index contributed by atoms with van der Waals surface area (Å²) < 4.78 is 10.8. The van der Waals surface area contributed by atoms with Gasteiger partial charge in [-0.25, -0.2) is 0 Å². The molecule has 2 rings (SSSR count). The van der Waals surface area contributed by atoms with Gasteiger partial charge < -0.3 is 20.1 Å². The molecule has 2 aromatic carbocycles. The molecule has 0 aliphatic heterocycles. The molecule has 0 fully saturated rings. The lowest BCUT2D eigenvalue weighted by atomic mass is 10.3. The second-order valence-electron chi connectivity index (χ2n) is 4.98. The van der Waals surface area contributed by atoms with Gasteiger partial charge in [0.2, 0.25) is 5.91 Å². The van der Waals surface area contributed by atoms with Gasteiger partial charge in [-0.3, -0.25) is 4.79 Å². The average molecular weight is 326 g/mol. The highest BCUT2D eigenvalue weighted by molar-refractivity contribution is 5.93. The number of benzene rings is 2. The Balaban J connectivity index is 1.79. The van der Waals surface area contributed by atoms with Crippen LogP contribution in [0.4, 0.5) is 11.4 Å². The van der Waals surface area contributed by atoms with Crippen molar-refractivity contribution in [2.24, 2.45) is 0 Å². The maximum atomic E-state index is 12.0. The molecule has 126 valence electrons. The Kier molecular flexibility index (Phi) is 6.71. The van der Waals surface area contributed by atoms with Crippen molar-refractivity contribution < 1.29 is 14.3 Å². The molecule has 0 saturated heterocycles. The van der Waals surface area contributed by atoms with Gasteiger partial charge in [0.05, 0.1) is 13.2 Å². The van der Waals surface area contributed by atoms with Gasteiger partial charge in [0.15, 0.2) is 0 Å². The lowest BCUT2D eigenvalue weighted by Crippen LogP contribution is -2.21. The lowest BCUT2D eigenvalue weighted by Gasteiger charge is -2.09. The van der Waals surface area contributed by atoms with E-state index in [2.05, 4.69) is 17.2 Å². The molecule has 5 nitrogen and oxygen atoms in total. The second-order valence-corrected chi connectivity index (χ2v) is 4.98. The molecule has 0 atom stereocenters. The smallest absolute Gasteiger partial charge is 0.243 e. The average Bonchev–Trinajstić information content (AvgIpc) is 2.61. The van der Waals surface area contributed by atoms with Crippen molar-refractivity contribution in [2.45, 2.75) is 6.92 Å². The van der Waals surface area contributed by atoms with Gasteiger partial charge in [-0.05, 0) is 55.5 Å². The molecule has 0 bridgehead atoms. The number of carbonyl (C=O) groups excluding carboxylic acids is 1. The Morgan fingerprint density at radius 2 is 1.58 bits per heavy atom. The predicted molar refractivity (Wildman–Crippen MR) is 96.9 cm³/mol. The normalized spacial score (nSPS) is 9.88. The second kappa shape index (κ2) is 9.25. The van der Waals surface area contributed by atoms with Crippen LogP contribution < -0.4 is 20.1 Å². The Bertz CT molecular complexity index is 651. The molecule has 2 N–H and O–H groups in total. The number of amides is 1. The van der Waals surface area contributed by atoms with E-state index in [0.29, 0.717) is 13.2 Å². The standard InChI is InChI=1S/C19H22N2O3/c1-3-13-24-18-11-7-16(8-12-18)21-19(22)14-20-15-5-9-17(10-6-15)23-4-2/h3,5-12,20H,1,4,13-14H2,2H3,(H,21,22). The molecule has 0 radical (unpaired) electrons. The molecule has 24 heavy (non-hydrogen) atoms. The van der Waals surface area contributed by atoms with Crippen molar-refractivity contribution in [3.05, 3.63) is 61.2 Å². The first-order chi connectivity index (χ1) is 11.7. The Hall–Kier alpha value is -2.95. The molecule has 0 unspecified atom stereocenters. The number of nitrogens with one attached hydrogen (secondary N) is 2. The van der Waals surface area contributed by atoms with E-state index in [1.807, 2.05) is 31.2 Å². The van der Waals surface area contributed by atoms with E-state index in [1.54, 1.807) is 30.3 Å². The maximum Gasteiger partial charge on any atom is 0.243 e. The quantitative estimate of drug-likeness (QED) is 0.690. The Morgan fingerprint density at radius 3 is 2.17 bits per heavy atom. The van der Waals surface area contributed by atoms with Crippen molar-refractivity contribution in [1.82, 2.24) is 0 Å². The third-order valence-corrected chi connectivity index (χ3v) is 3.12. The van der Waals surface area contributed by atoms with E-state index in [9.17, 15) is 4.79 Å². The van der Waals surface area contributed by atoms with Gasteiger partial charge in [0.25, 0.3) is 0 Å². The third-order valence-electron chi connectivity index (χ3n) is 3.12. The van der Waals surface area contributed by atoms with E-state index in [1.165, 1.54) is 0 Å². The van der Waals surface area contributed by atoms with Gasteiger partial charge >= 0.3 is 0 Å². The first-order valence-electron chi connectivity index (χ1n) is 7.81. The van der Waals surface area contributed by atoms with Crippen LogP contribution in [-0.4, -0.2) is 25.7 Å². The highest BCUT2D eigenvalue weighted by Crippen LogP contribution is 2.17. The summed E-state index contributed by atoms with van der Waals surface area (Å²) in [5, 5.41) is 5.90. The number of hydrogen-bond acceptors (Lipinski definition) is 4. The zero-order chi connectivity index (χ0) is 17.2. The molecule has 0 spiro atoms. The van der Waals surface area contributed by atoms with Crippen LogP contribution in [0.25, 0.3) is 0 Å². The van der Waals surface area contributed by atoms with Crippen LogP contribution in [-0.2, 0) is 4.79 Å². The molecule has 0 saturated carbocycles. The summed E-state index contributed by atoms with van der Waals surface area (Å²) in [4.78, 5) is 12.0. The van der Waals surface area contributed by atoms with Crippen molar-refractivity contribution in [3.63, 3.8) is 0 Å². The van der Waals surface area contributed by atoms with E-state index in [4.69, 9.17) is 9.47 Å². The number of rotatable bonds is 9. The van der Waals surface area contributed by atoms with Crippen molar-refractivity contribution in [1.29, 1.82) is 0 Å². The van der Waals surface area contributed by atoms with Crippen LogP contribution in [0.15, 0.2) is 61.2 Å². The monoisotopic (exact) mass is 326 g/mol. The molecule has 0 heterocycles. The first-order valence-corrected chi connectivity index (χ1v) is 7.81. The largest absolute Gasteiger partial charge is 0.494 e. The van der Waals surface area contributed by atoms with Gasteiger partial charge in [-0.1, -0.05) is 12.7 Å². The molecule has 5 heteroatoms. The van der Waals surface area contributed by atoms with Gasteiger partial charge in [0.1, 0.15) is 18.1 Å². The molecular weight excluding hydrogens is 304 g/mol. The van der Waals surface area contributed by atoms with Crippen LogP contribution in [0.3, 0.4) is 0 Å². The number of hydrogen-bond donors (Lipinski definition) is 2. The summed E-state index contributed by atoms with van der Waals surface area (Å²) in [7, 11) is 0. The molecular formula is C19H22N2O3. The fraction of sp³-hybridized carbons (Fsp3) is 0.211. The van der Waals surface area contributed by atoms with Crippen molar-refractivity contribution in [2.75, 3.05) is 30.4 Å². The van der Waals surface area contributed by atoms with Crippen LogP contribution in [0.5, 0.6) is 11.5 Å². The van der Waals surface area contributed by atoms with E-state index in [-0.39, 0.29) is 12.5 Å². The first kappa shape index (κ1) is 17.4. The van der Waals surface area contributed by atoms with Crippen LogP contribution in [0.1, 0.15) is 6.92 Å². The predicted octanol–water partition coefficient (Wildman–Crippen LogP) is 3.70.